The average molecular weight is 369 g/mol. The van der Waals surface area contributed by atoms with Crippen LogP contribution in [-0.4, -0.2) is 36.6 Å². The number of nitrogens with two attached hydrogens (primary N) is 1. The maximum absolute atomic E-state index is 6.02. The van der Waals surface area contributed by atoms with Crippen molar-refractivity contribution in [2.24, 2.45) is 0 Å². The molecule has 2 aromatic rings. The van der Waals surface area contributed by atoms with Gasteiger partial charge in [0.25, 0.3) is 0 Å². The normalized spacial score (nSPS) is 14.4. The van der Waals surface area contributed by atoms with Crippen molar-refractivity contribution in [3.8, 4) is 5.75 Å². The highest BCUT2D eigenvalue weighted by Gasteiger charge is 2.13. The van der Waals surface area contributed by atoms with Crippen molar-refractivity contribution in [2.45, 2.75) is 45.6 Å². The predicted octanol–water partition coefficient (Wildman–Crippen LogP) is 4.07. The van der Waals surface area contributed by atoms with E-state index in [1.165, 1.54) is 37.9 Å². The second kappa shape index (κ2) is 9.60. The van der Waals surface area contributed by atoms with E-state index in [9.17, 15) is 0 Å². The third kappa shape index (κ3) is 5.60. The molecule has 0 bridgehead atoms. The van der Waals surface area contributed by atoms with Gasteiger partial charge >= 0.3 is 0 Å². The molecule has 1 aromatic carbocycles. The van der Waals surface area contributed by atoms with Crippen LogP contribution in [0.25, 0.3) is 0 Å². The van der Waals surface area contributed by atoms with Crippen molar-refractivity contribution < 1.29 is 4.74 Å². The molecule has 1 aliphatic rings. The first kappa shape index (κ1) is 19.5. The molecule has 146 valence electrons. The summed E-state index contributed by atoms with van der Waals surface area (Å²) in [5.74, 6) is 1.48. The van der Waals surface area contributed by atoms with Gasteiger partial charge in [-0.05, 0) is 50.0 Å². The molecule has 3 N–H and O–H groups in total. The van der Waals surface area contributed by atoms with Gasteiger partial charge in [-0.1, -0.05) is 25.5 Å². The van der Waals surface area contributed by atoms with Gasteiger partial charge in [0.05, 0.1) is 7.11 Å². The molecule has 0 saturated carbocycles. The lowest BCUT2D eigenvalue weighted by Gasteiger charge is -2.17. The number of rotatable bonds is 9. The van der Waals surface area contributed by atoms with Crippen molar-refractivity contribution in [3.63, 3.8) is 0 Å². The number of methoxy groups -OCH3 is 1. The fraction of sp³-hybridized carbons (Fsp3) is 0.500. The maximum atomic E-state index is 6.02. The van der Waals surface area contributed by atoms with E-state index < -0.39 is 0 Å². The molecule has 0 spiro atoms. The summed E-state index contributed by atoms with van der Waals surface area (Å²) in [6, 6.07) is 10.5. The minimum absolute atomic E-state index is 0.552. The summed E-state index contributed by atoms with van der Waals surface area (Å²) in [6.07, 6.45) is 5.64. The number of nitrogen functional groups attached to an aromatic ring is 1. The fourth-order valence-corrected chi connectivity index (χ4v) is 3.64. The van der Waals surface area contributed by atoms with Gasteiger partial charge in [-0.3, -0.25) is 4.90 Å². The van der Waals surface area contributed by atoms with Crippen LogP contribution in [0.15, 0.2) is 30.3 Å². The van der Waals surface area contributed by atoms with Crippen LogP contribution in [0.1, 0.15) is 49.4 Å². The first-order valence-corrected chi connectivity index (χ1v) is 10.1. The summed E-state index contributed by atoms with van der Waals surface area (Å²) in [4.78, 5) is 7.01. The summed E-state index contributed by atoms with van der Waals surface area (Å²) in [6.45, 7) is 6.54. The summed E-state index contributed by atoms with van der Waals surface area (Å²) < 4.78 is 5.67. The van der Waals surface area contributed by atoms with Gasteiger partial charge in [0.2, 0.25) is 0 Å². The Balaban J connectivity index is 1.72. The van der Waals surface area contributed by atoms with Gasteiger partial charge < -0.3 is 15.8 Å². The van der Waals surface area contributed by atoms with E-state index in [1.54, 1.807) is 7.11 Å². The van der Waals surface area contributed by atoms with Crippen LogP contribution < -0.4 is 15.8 Å². The van der Waals surface area contributed by atoms with Gasteiger partial charge in [0.1, 0.15) is 11.6 Å². The lowest BCUT2D eigenvalue weighted by Crippen LogP contribution is -2.18. The summed E-state index contributed by atoms with van der Waals surface area (Å²) in [5, 5.41) is 3.43. The van der Waals surface area contributed by atoms with E-state index in [0.717, 1.165) is 42.2 Å². The molecule has 1 aromatic heterocycles. The van der Waals surface area contributed by atoms with Crippen LogP contribution in [0.3, 0.4) is 0 Å². The minimum Gasteiger partial charge on any atom is -0.496 e. The molecular formula is C22H32N4O. The molecule has 27 heavy (non-hydrogen) atoms. The SMILES string of the molecule is CCCCNc1cc(N)nc(Cc2ccc(CN3CCCC3)cc2OC)c1. The number of pyridine rings is 1. The minimum atomic E-state index is 0.552. The van der Waals surface area contributed by atoms with Gasteiger partial charge in [-0.15, -0.1) is 0 Å². The van der Waals surface area contributed by atoms with Gasteiger partial charge in [0, 0.05) is 42.5 Å². The Kier molecular flexibility index (Phi) is 6.93. The Morgan fingerprint density at radius 2 is 2.00 bits per heavy atom. The first-order valence-electron chi connectivity index (χ1n) is 10.1. The zero-order chi connectivity index (χ0) is 19.1. The Bertz CT molecular complexity index is 741. The molecule has 0 aliphatic carbocycles. The van der Waals surface area contributed by atoms with Gasteiger partial charge in [-0.25, -0.2) is 4.98 Å². The number of hydrogen-bond donors (Lipinski definition) is 2. The van der Waals surface area contributed by atoms with Crippen molar-refractivity contribution in [1.82, 2.24) is 9.88 Å². The highest BCUT2D eigenvalue weighted by Crippen LogP contribution is 2.25. The number of ether oxygens (including phenoxy) is 1. The highest BCUT2D eigenvalue weighted by atomic mass is 16.5. The summed E-state index contributed by atoms with van der Waals surface area (Å²) in [7, 11) is 1.74. The standard InChI is InChI=1S/C22H32N4O/c1-3-4-9-24-19-14-20(25-22(23)15-19)13-18-8-7-17(12-21(18)27-2)16-26-10-5-6-11-26/h7-8,12,14-15H,3-6,9-11,13,16H2,1-2H3,(H3,23,24,25). The number of benzene rings is 1. The van der Waals surface area contributed by atoms with Crippen LogP contribution in [0.4, 0.5) is 11.5 Å². The second-order valence-corrected chi connectivity index (χ2v) is 7.36. The van der Waals surface area contributed by atoms with Crippen LogP contribution >= 0.6 is 0 Å². The molecule has 0 unspecified atom stereocenters. The largest absolute Gasteiger partial charge is 0.496 e. The van der Waals surface area contributed by atoms with E-state index in [-0.39, 0.29) is 0 Å². The van der Waals surface area contributed by atoms with E-state index >= 15 is 0 Å². The molecule has 3 rings (SSSR count). The van der Waals surface area contributed by atoms with Gasteiger partial charge in [0.15, 0.2) is 0 Å². The Morgan fingerprint density at radius 3 is 2.74 bits per heavy atom. The lowest BCUT2D eigenvalue weighted by molar-refractivity contribution is 0.330. The molecule has 1 aliphatic heterocycles. The second-order valence-electron chi connectivity index (χ2n) is 7.36. The number of nitrogens with one attached hydrogen (secondary N) is 1. The summed E-state index contributed by atoms with van der Waals surface area (Å²) >= 11 is 0. The molecule has 2 heterocycles. The van der Waals surface area contributed by atoms with Crippen molar-refractivity contribution in [2.75, 3.05) is 37.8 Å². The molecule has 0 atom stereocenters. The zero-order valence-corrected chi connectivity index (χ0v) is 16.6. The topological polar surface area (TPSA) is 63.4 Å². The van der Waals surface area contributed by atoms with Crippen molar-refractivity contribution >= 4 is 11.5 Å². The number of likely N-dealkylation sites (tertiary alicyclic amines) is 1. The van der Waals surface area contributed by atoms with E-state index in [2.05, 4.69) is 46.4 Å². The maximum Gasteiger partial charge on any atom is 0.125 e. The lowest BCUT2D eigenvalue weighted by atomic mass is 10.0. The van der Waals surface area contributed by atoms with E-state index in [0.29, 0.717) is 12.2 Å². The zero-order valence-electron chi connectivity index (χ0n) is 16.6. The number of unbranched alkanes of at least 4 members (excludes halogenated alkanes) is 1. The Morgan fingerprint density at radius 1 is 1.19 bits per heavy atom. The highest BCUT2D eigenvalue weighted by molar-refractivity contribution is 5.53. The molecule has 5 nitrogen and oxygen atoms in total. The van der Waals surface area contributed by atoms with Crippen LogP contribution in [0.2, 0.25) is 0 Å². The van der Waals surface area contributed by atoms with Crippen LogP contribution in [-0.2, 0) is 13.0 Å². The predicted molar refractivity (Wildman–Crippen MR) is 112 cm³/mol. The van der Waals surface area contributed by atoms with Crippen molar-refractivity contribution in [1.29, 1.82) is 0 Å². The molecule has 0 radical (unpaired) electrons. The smallest absolute Gasteiger partial charge is 0.125 e. The first-order chi connectivity index (χ1) is 13.2. The van der Waals surface area contributed by atoms with Crippen molar-refractivity contribution in [3.05, 3.63) is 47.2 Å². The third-order valence-electron chi connectivity index (χ3n) is 5.09. The molecular weight excluding hydrogens is 336 g/mol. The molecule has 0 amide bonds. The summed E-state index contributed by atoms with van der Waals surface area (Å²) in [5.41, 5.74) is 10.5. The van der Waals surface area contributed by atoms with E-state index in [4.69, 9.17) is 10.5 Å². The quantitative estimate of drug-likeness (QED) is 0.653. The number of nitrogens with zero attached hydrogens (tertiary/aromatic N) is 2. The molecule has 5 heteroatoms. The Labute approximate surface area is 162 Å². The molecule has 1 saturated heterocycles. The molecule has 1 fully saturated rings. The number of anilines is 2. The van der Waals surface area contributed by atoms with Crippen LogP contribution in [0, 0.1) is 0 Å². The monoisotopic (exact) mass is 368 g/mol. The van der Waals surface area contributed by atoms with Gasteiger partial charge in [-0.2, -0.15) is 0 Å². The number of aromatic nitrogens is 1. The van der Waals surface area contributed by atoms with E-state index in [1.807, 2.05) is 6.07 Å². The van der Waals surface area contributed by atoms with Crippen LogP contribution in [0.5, 0.6) is 5.75 Å². The third-order valence-corrected chi connectivity index (χ3v) is 5.09. The fourth-order valence-electron chi connectivity index (χ4n) is 3.64. The average Bonchev–Trinajstić information content (AvgIpc) is 3.16. The number of hydrogen-bond acceptors (Lipinski definition) is 5. The Hall–Kier alpha value is -2.27.